The van der Waals surface area contributed by atoms with Gasteiger partial charge < -0.3 is 15.4 Å². The molecule has 0 aliphatic rings. The first kappa shape index (κ1) is 16.0. The molecule has 17 heavy (non-hydrogen) atoms. The van der Waals surface area contributed by atoms with Gasteiger partial charge in [0.15, 0.2) is 0 Å². The molecule has 2 N–H and O–H groups in total. The third kappa shape index (κ3) is 7.80. The van der Waals surface area contributed by atoms with Gasteiger partial charge in [0, 0.05) is 19.1 Å². The van der Waals surface area contributed by atoms with Gasteiger partial charge in [0.05, 0.1) is 0 Å². The Kier molecular flexibility index (Phi) is 6.88. The van der Waals surface area contributed by atoms with Crippen LogP contribution >= 0.6 is 0 Å². The van der Waals surface area contributed by atoms with E-state index in [9.17, 15) is 4.79 Å². The minimum absolute atomic E-state index is 0.00669. The molecule has 0 aromatic rings. The van der Waals surface area contributed by atoms with Crippen LogP contribution in [0, 0.1) is 0 Å². The van der Waals surface area contributed by atoms with E-state index in [1.54, 1.807) is 4.90 Å². The van der Waals surface area contributed by atoms with E-state index in [1.807, 2.05) is 46.8 Å². The SMILES string of the molecule is C/C=C/CN(C[C@H](N)CC)C(=O)OC(C)(C)C. The Morgan fingerprint density at radius 1 is 1.47 bits per heavy atom. The van der Waals surface area contributed by atoms with Crippen molar-refractivity contribution < 1.29 is 9.53 Å². The molecule has 1 atom stereocenters. The van der Waals surface area contributed by atoms with Crippen LogP contribution in [-0.4, -0.2) is 35.7 Å². The maximum absolute atomic E-state index is 11.9. The van der Waals surface area contributed by atoms with Gasteiger partial charge in [-0.2, -0.15) is 0 Å². The summed E-state index contributed by atoms with van der Waals surface area (Å²) in [5.41, 5.74) is 5.40. The normalized spacial score (nSPS) is 13.8. The number of carbonyl (C=O) groups excluding carboxylic acids is 1. The van der Waals surface area contributed by atoms with Crippen molar-refractivity contribution in [3.63, 3.8) is 0 Å². The van der Waals surface area contributed by atoms with Gasteiger partial charge in [0.1, 0.15) is 5.60 Å². The van der Waals surface area contributed by atoms with Crippen molar-refractivity contribution >= 4 is 6.09 Å². The van der Waals surface area contributed by atoms with Gasteiger partial charge in [0.25, 0.3) is 0 Å². The molecular weight excluding hydrogens is 216 g/mol. The zero-order chi connectivity index (χ0) is 13.5. The number of rotatable bonds is 5. The van der Waals surface area contributed by atoms with Crippen molar-refractivity contribution in [3.8, 4) is 0 Å². The van der Waals surface area contributed by atoms with Crippen molar-refractivity contribution in [2.75, 3.05) is 13.1 Å². The second kappa shape index (κ2) is 7.33. The molecule has 0 aliphatic heterocycles. The van der Waals surface area contributed by atoms with E-state index in [1.165, 1.54) is 0 Å². The second-order valence-electron chi connectivity index (χ2n) is 5.12. The summed E-state index contributed by atoms with van der Waals surface area (Å²) in [6.07, 6.45) is 4.37. The molecule has 0 spiro atoms. The first-order valence-corrected chi connectivity index (χ1v) is 6.14. The summed E-state index contributed by atoms with van der Waals surface area (Å²) in [4.78, 5) is 13.6. The van der Waals surface area contributed by atoms with E-state index in [4.69, 9.17) is 10.5 Å². The highest BCUT2D eigenvalue weighted by molar-refractivity contribution is 5.68. The van der Waals surface area contributed by atoms with Crippen LogP contribution in [0.1, 0.15) is 41.0 Å². The smallest absolute Gasteiger partial charge is 0.410 e. The lowest BCUT2D eigenvalue weighted by Crippen LogP contribution is -2.43. The lowest BCUT2D eigenvalue weighted by atomic mass is 10.2. The molecule has 0 radical (unpaired) electrons. The minimum Gasteiger partial charge on any atom is -0.444 e. The Morgan fingerprint density at radius 3 is 2.47 bits per heavy atom. The molecule has 0 fully saturated rings. The molecule has 0 heterocycles. The van der Waals surface area contributed by atoms with Crippen LogP contribution in [-0.2, 0) is 4.74 Å². The van der Waals surface area contributed by atoms with E-state index < -0.39 is 5.60 Å². The van der Waals surface area contributed by atoms with Crippen LogP contribution in [0.4, 0.5) is 4.79 Å². The lowest BCUT2D eigenvalue weighted by Gasteiger charge is -2.28. The highest BCUT2D eigenvalue weighted by atomic mass is 16.6. The molecule has 1 amide bonds. The van der Waals surface area contributed by atoms with Crippen molar-refractivity contribution in [3.05, 3.63) is 12.2 Å². The molecule has 0 aromatic carbocycles. The standard InChI is InChI=1S/C13H26N2O2/c1-6-8-9-15(10-11(14)7-2)12(16)17-13(3,4)5/h6,8,11H,7,9-10,14H2,1-5H3/b8-6+/t11-/m1/s1. The van der Waals surface area contributed by atoms with Gasteiger partial charge in [-0.3, -0.25) is 0 Å². The molecule has 4 nitrogen and oxygen atoms in total. The quantitative estimate of drug-likeness (QED) is 0.754. The molecule has 0 saturated heterocycles. The third-order valence-corrected chi connectivity index (χ3v) is 2.19. The number of hydrogen-bond acceptors (Lipinski definition) is 3. The third-order valence-electron chi connectivity index (χ3n) is 2.19. The maximum atomic E-state index is 11.9. The maximum Gasteiger partial charge on any atom is 0.410 e. The average Bonchev–Trinajstić information content (AvgIpc) is 2.21. The lowest BCUT2D eigenvalue weighted by molar-refractivity contribution is 0.0261. The molecule has 0 rings (SSSR count). The summed E-state index contributed by atoms with van der Waals surface area (Å²) < 4.78 is 5.34. The van der Waals surface area contributed by atoms with E-state index in [-0.39, 0.29) is 12.1 Å². The number of hydrogen-bond donors (Lipinski definition) is 1. The van der Waals surface area contributed by atoms with Crippen LogP contribution < -0.4 is 5.73 Å². The summed E-state index contributed by atoms with van der Waals surface area (Å²) in [5.74, 6) is 0. The van der Waals surface area contributed by atoms with Gasteiger partial charge >= 0.3 is 6.09 Å². The number of amides is 1. The molecule has 0 bridgehead atoms. The Labute approximate surface area is 105 Å². The molecule has 100 valence electrons. The Balaban J connectivity index is 4.50. The van der Waals surface area contributed by atoms with Crippen molar-refractivity contribution in [1.29, 1.82) is 0 Å². The molecule has 0 aliphatic carbocycles. The molecule has 4 heteroatoms. The van der Waals surface area contributed by atoms with E-state index >= 15 is 0 Å². The van der Waals surface area contributed by atoms with E-state index in [0.717, 1.165) is 6.42 Å². The molecule has 0 aromatic heterocycles. The first-order valence-electron chi connectivity index (χ1n) is 6.14. The zero-order valence-corrected chi connectivity index (χ0v) is 11.7. The number of ether oxygens (including phenoxy) is 1. The molecule has 0 unspecified atom stereocenters. The zero-order valence-electron chi connectivity index (χ0n) is 11.7. The van der Waals surface area contributed by atoms with Gasteiger partial charge in [-0.15, -0.1) is 0 Å². The van der Waals surface area contributed by atoms with Crippen LogP contribution in [0.3, 0.4) is 0 Å². The van der Waals surface area contributed by atoms with Gasteiger partial charge in [0.2, 0.25) is 0 Å². The summed E-state index contributed by atoms with van der Waals surface area (Å²) in [5, 5.41) is 0. The number of nitrogens with zero attached hydrogens (tertiary/aromatic N) is 1. The monoisotopic (exact) mass is 242 g/mol. The Hall–Kier alpha value is -1.03. The van der Waals surface area contributed by atoms with E-state index in [2.05, 4.69) is 0 Å². The van der Waals surface area contributed by atoms with Crippen LogP contribution in [0.2, 0.25) is 0 Å². The average molecular weight is 242 g/mol. The van der Waals surface area contributed by atoms with Crippen LogP contribution in [0.5, 0.6) is 0 Å². The number of allylic oxidation sites excluding steroid dienone is 1. The van der Waals surface area contributed by atoms with Crippen molar-refractivity contribution in [1.82, 2.24) is 4.90 Å². The Bertz CT molecular complexity index is 257. The summed E-state index contributed by atoms with van der Waals surface area (Å²) in [7, 11) is 0. The molecular formula is C13H26N2O2. The predicted octanol–water partition coefficient (Wildman–Crippen LogP) is 2.54. The molecule has 0 saturated carbocycles. The van der Waals surface area contributed by atoms with Crippen LogP contribution in [0.25, 0.3) is 0 Å². The first-order chi connectivity index (χ1) is 7.80. The summed E-state index contributed by atoms with van der Waals surface area (Å²) in [6.45, 7) is 10.6. The number of carbonyl (C=O) groups is 1. The van der Waals surface area contributed by atoms with E-state index in [0.29, 0.717) is 13.1 Å². The second-order valence-corrected chi connectivity index (χ2v) is 5.12. The minimum atomic E-state index is -0.471. The highest BCUT2D eigenvalue weighted by Gasteiger charge is 2.22. The van der Waals surface area contributed by atoms with Crippen molar-refractivity contribution in [2.24, 2.45) is 5.73 Å². The van der Waals surface area contributed by atoms with Gasteiger partial charge in [-0.25, -0.2) is 4.79 Å². The van der Waals surface area contributed by atoms with Gasteiger partial charge in [-0.05, 0) is 34.1 Å². The largest absolute Gasteiger partial charge is 0.444 e. The van der Waals surface area contributed by atoms with Gasteiger partial charge in [-0.1, -0.05) is 19.1 Å². The fourth-order valence-corrected chi connectivity index (χ4v) is 1.19. The fourth-order valence-electron chi connectivity index (χ4n) is 1.19. The summed E-state index contributed by atoms with van der Waals surface area (Å²) >= 11 is 0. The van der Waals surface area contributed by atoms with Crippen molar-refractivity contribution in [2.45, 2.75) is 52.7 Å². The fraction of sp³-hybridized carbons (Fsp3) is 0.769. The predicted molar refractivity (Wildman–Crippen MR) is 70.9 cm³/mol. The topological polar surface area (TPSA) is 55.6 Å². The Morgan fingerprint density at radius 2 is 2.06 bits per heavy atom. The van der Waals surface area contributed by atoms with Crippen LogP contribution in [0.15, 0.2) is 12.2 Å². The number of nitrogens with two attached hydrogens (primary N) is 1. The highest BCUT2D eigenvalue weighted by Crippen LogP contribution is 2.10. The summed E-state index contributed by atoms with van der Waals surface area (Å²) in [6, 6.07) is -0.00669.